The van der Waals surface area contributed by atoms with Gasteiger partial charge in [0, 0.05) is 11.6 Å². The molecule has 1 aliphatic carbocycles. The quantitative estimate of drug-likeness (QED) is 0.148. The molecule has 2 heterocycles. The van der Waals surface area contributed by atoms with E-state index in [2.05, 4.69) is 9.97 Å². The van der Waals surface area contributed by atoms with Gasteiger partial charge in [0.1, 0.15) is 5.01 Å². The van der Waals surface area contributed by atoms with Gasteiger partial charge < -0.3 is 4.42 Å². The van der Waals surface area contributed by atoms with E-state index in [0.717, 1.165) is 11.6 Å². The van der Waals surface area contributed by atoms with Gasteiger partial charge in [0.25, 0.3) is 5.71 Å². The Hall–Kier alpha value is -3.66. The number of nitrogens with zero attached hydrogens (tertiary/aromatic N) is 2. The maximum Gasteiger partial charge on any atom is 0.259 e. The first-order valence-electron chi connectivity index (χ1n) is 8.36. The van der Waals surface area contributed by atoms with Gasteiger partial charge in [-0.2, -0.15) is 9.97 Å². The van der Waals surface area contributed by atoms with E-state index in [1.165, 1.54) is 11.3 Å². The summed E-state index contributed by atoms with van der Waals surface area (Å²) >= 11 is 1.19. The minimum Gasteiger partial charge on any atom is -0.417 e. The minimum absolute atomic E-state index is 0.135. The van der Waals surface area contributed by atoms with E-state index >= 15 is 0 Å². The number of oxazole rings is 1. The Balaban J connectivity index is 1.57. The molecule has 0 saturated carbocycles. The second-order valence-corrected chi connectivity index (χ2v) is 7.25. The van der Waals surface area contributed by atoms with Gasteiger partial charge in [-0.3, -0.25) is 9.59 Å². The van der Waals surface area contributed by atoms with Crippen LogP contribution in [0.3, 0.4) is 0 Å². The summed E-state index contributed by atoms with van der Waals surface area (Å²) in [5.74, 6) is -11.0. The smallest absolute Gasteiger partial charge is 0.259 e. The average Bonchev–Trinajstić information content (AvgIpc) is 3.38. The summed E-state index contributed by atoms with van der Waals surface area (Å²) in [7, 11) is 0. The zero-order valence-corrected chi connectivity index (χ0v) is 15.3. The summed E-state index contributed by atoms with van der Waals surface area (Å²) in [5.41, 5.74) is -2.05. The van der Waals surface area contributed by atoms with Gasteiger partial charge in [0.05, 0.1) is 16.7 Å². The zero-order valence-electron chi connectivity index (χ0n) is 14.5. The maximum atomic E-state index is 14.0. The molecule has 0 N–H and O–H groups in total. The van der Waals surface area contributed by atoms with E-state index in [0.29, 0.717) is 9.84 Å². The van der Waals surface area contributed by atoms with Crippen molar-refractivity contribution < 1.29 is 31.6 Å². The SMILES string of the molecule is O=C1C(=Cc2nc3sc(-c4ccccc4)nc3o2)C(=O)c2c(F)c(F)c(F)c(F)c21. The van der Waals surface area contributed by atoms with Crippen molar-refractivity contribution in [3.8, 4) is 10.6 Å². The minimum atomic E-state index is -2.16. The number of hydrogen-bond acceptors (Lipinski definition) is 6. The molecule has 2 aromatic carbocycles. The van der Waals surface area contributed by atoms with E-state index in [-0.39, 0.29) is 11.6 Å². The Morgan fingerprint density at radius 3 is 2.00 bits per heavy atom. The summed E-state index contributed by atoms with van der Waals surface area (Å²) in [4.78, 5) is 33.5. The summed E-state index contributed by atoms with van der Waals surface area (Å²) in [6.07, 6.45) is 0.871. The lowest BCUT2D eigenvalue weighted by atomic mass is 10.1. The van der Waals surface area contributed by atoms with E-state index in [1.807, 2.05) is 30.3 Å². The van der Waals surface area contributed by atoms with Crippen LogP contribution in [0.5, 0.6) is 0 Å². The van der Waals surface area contributed by atoms with Crippen LogP contribution in [-0.2, 0) is 0 Å². The number of benzene rings is 2. The summed E-state index contributed by atoms with van der Waals surface area (Å²) in [5, 5.41) is 0.631. The molecule has 0 atom stereocenters. The first-order valence-corrected chi connectivity index (χ1v) is 9.18. The molecule has 0 spiro atoms. The van der Waals surface area contributed by atoms with Crippen LogP contribution in [0.25, 0.3) is 27.2 Å². The molecule has 148 valence electrons. The van der Waals surface area contributed by atoms with E-state index in [4.69, 9.17) is 4.42 Å². The fraction of sp³-hybridized carbons (Fsp3) is 0. The second kappa shape index (κ2) is 6.42. The van der Waals surface area contributed by atoms with Crippen LogP contribution in [0.1, 0.15) is 26.6 Å². The molecule has 4 aromatic rings. The standard InChI is InChI=1S/C20H6F4N2O3S/c21-12-10-11(13(22)15(24)14(12)23)17(28)8(16(10)27)6-9-25-20-18(29-9)26-19(30-20)7-4-2-1-3-5-7/h1-6H. The molecule has 0 saturated heterocycles. The molecule has 30 heavy (non-hydrogen) atoms. The molecular formula is C20H6F4N2O3S. The number of halogens is 4. The number of aromatic nitrogens is 2. The average molecular weight is 430 g/mol. The van der Waals surface area contributed by atoms with Gasteiger partial charge in [-0.05, 0) is 0 Å². The summed E-state index contributed by atoms with van der Waals surface area (Å²) < 4.78 is 60.3. The van der Waals surface area contributed by atoms with Gasteiger partial charge in [-0.25, -0.2) is 17.6 Å². The molecular weight excluding hydrogens is 424 g/mol. The Morgan fingerprint density at radius 1 is 0.833 bits per heavy atom. The first kappa shape index (κ1) is 18.4. The number of Topliss-reactive ketones (excluding diaryl/α,β-unsaturated/α-hetero) is 2. The predicted molar refractivity (Wildman–Crippen MR) is 98.0 cm³/mol. The molecule has 1 aliphatic rings. The number of rotatable bonds is 2. The lowest BCUT2D eigenvalue weighted by molar-refractivity contribution is 0.0988. The molecule has 0 bridgehead atoms. The van der Waals surface area contributed by atoms with Gasteiger partial charge in [0.15, 0.2) is 28.1 Å². The largest absolute Gasteiger partial charge is 0.417 e. The highest BCUT2D eigenvalue weighted by molar-refractivity contribution is 7.21. The van der Waals surface area contributed by atoms with Gasteiger partial charge >= 0.3 is 0 Å². The molecule has 0 fully saturated rings. The molecule has 5 rings (SSSR count). The van der Waals surface area contributed by atoms with E-state index in [9.17, 15) is 27.2 Å². The van der Waals surface area contributed by atoms with Crippen LogP contribution in [0.15, 0.2) is 40.3 Å². The Morgan fingerprint density at radius 2 is 1.43 bits per heavy atom. The van der Waals surface area contributed by atoms with Crippen molar-refractivity contribution in [2.24, 2.45) is 0 Å². The van der Waals surface area contributed by atoms with Gasteiger partial charge in [-0.15, -0.1) is 0 Å². The fourth-order valence-electron chi connectivity index (χ4n) is 3.11. The van der Waals surface area contributed by atoms with Crippen molar-refractivity contribution in [2.75, 3.05) is 0 Å². The van der Waals surface area contributed by atoms with Crippen LogP contribution in [-0.4, -0.2) is 21.5 Å². The fourth-order valence-corrected chi connectivity index (χ4v) is 3.98. The molecule has 0 aliphatic heterocycles. The monoisotopic (exact) mass is 430 g/mol. The third-order valence-electron chi connectivity index (χ3n) is 4.49. The van der Waals surface area contributed by atoms with Crippen molar-refractivity contribution >= 4 is 39.5 Å². The Kier molecular flexibility index (Phi) is 3.93. The lowest BCUT2D eigenvalue weighted by Gasteiger charge is -2.02. The normalized spacial score (nSPS) is 13.4. The molecule has 0 unspecified atom stereocenters. The number of allylic oxidation sites excluding steroid dienone is 1. The van der Waals surface area contributed by atoms with Crippen molar-refractivity contribution in [3.63, 3.8) is 0 Å². The highest BCUT2D eigenvalue weighted by atomic mass is 32.1. The molecule has 10 heteroatoms. The summed E-state index contributed by atoms with van der Waals surface area (Å²) in [6.45, 7) is 0. The molecule has 0 amide bonds. The third-order valence-corrected chi connectivity index (χ3v) is 5.47. The van der Waals surface area contributed by atoms with Crippen molar-refractivity contribution in [1.29, 1.82) is 0 Å². The number of fused-ring (bicyclic) bond motifs is 2. The van der Waals surface area contributed by atoms with Crippen LogP contribution in [0, 0.1) is 23.3 Å². The van der Waals surface area contributed by atoms with Crippen LogP contribution in [0.4, 0.5) is 17.6 Å². The van der Waals surface area contributed by atoms with Crippen molar-refractivity contribution in [3.05, 3.63) is 76.2 Å². The number of carbonyl (C=O) groups excluding carboxylic acids is 2. The van der Waals surface area contributed by atoms with E-state index in [1.54, 1.807) is 0 Å². The Labute approximate surface area is 168 Å². The van der Waals surface area contributed by atoms with Gasteiger partial charge in [0.2, 0.25) is 17.5 Å². The van der Waals surface area contributed by atoms with E-state index < -0.39 is 51.5 Å². The highest BCUT2D eigenvalue weighted by Gasteiger charge is 2.42. The molecule has 2 aromatic heterocycles. The zero-order chi connectivity index (χ0) is 21.2. The van der Waals surface area contributed by atoms with Crippen LogP contribution >= 0.6 is 11.3 Å². The van der Waals surface area contributed by atoms with Crippen molar-refractivity contribution in [1.82, 2.24) is 9.97 Å². The second-order valence-electron chi connectivity index (χ2n) is 6.27. The highest BCUT2D eigenvalue weighted by Crippen LogP contribution is 2.35. The molecule has 0 radical (unpaired) electrons. The van der Waals surface area contributed by atoms with Crippen molar-refractivity contribution in [2.45, 2.75) is 0 Å². The number of ketones is 2. The number of thiazole rings is 1. The molecule has 5 nitrogen and oxygen atoms in total. The number of hydrogen-bond donors (Lipinski definition) is 0. The maximum absolute atomic E-state index is 14.0. The van der Waals surface area contributed by atoms with Gasteiger partial charge in [-0.1, -0.05) is 41.7 Å². The first-order chi connectivity index (χ1) is 14.4. The predicted octanol–water partition coefficient (Wildman–Crippen LogP) is 4.97. The Bertz CT molecular complexity index is 1340. The number of carbonyl (C=O) groups is 2. The lowest BCUT2D eigenvalue weighted by Crippen LogP contribution is -2.07. The van der Waals surface area contributed by atoms with Crippen LogP contribution < -0.4 is 0 Å². The third kappa shape index (κ3) is 2.53. The topological polar surface area (TPSA) is 73.1 Å². The summed E-state index contributed by atoms with van der Waals surface area (Å²) in [6, 6.07) is 9.20. The van der Waals surface area contributed by atoms with Crippen LogP contribution in [0.2, 0.25) is 0 Å².